The highest BCUT2D eigenvalue weighted by Crippen LogP contribution is 2.25. The average Bonchev–Trinajstić information content (AvgIpc) is 2.61. The van der Waals surface area contributed by atoms with E-state index in [4.69, 9.17) is 4.74 Å². The van der Waals surface area contributed by atoms with Gasteiger partial charge in [-0.25, -0.2) is 4.79 Å². The van der Waals surface area contributed by atoms with Gasteiger partial charge in [-0.3, -0.25) is 4.79 Å². The van der Waals surface area contributed by atoms with Crippen molar-refractivity contribution in [1.29, 1.82) is 0 Å². The van der Waals surface area contributed by atoms with E-state index in [-0.39, 0.29) is 17.0 Å². The Labute approximate surface area is 146 Å². The lowest BCUT2D eigenvalue weighted by atomic mass is 10.1. The Morgan fingerprint density at radius 1 is 1.12 bits per heavy atom. The molecule has 0 aliphatic heterocycles. The Morgan fingerprint density at radius 3 is 2.52 bits per heavy atom. The van der Waals surface area contributed by atoms with Gasteiger partial charge in [0.25, 0.3) is 5.91 Å². The number of esters is 1. The SMILES string of the molecule is COC(=O)c1ccc(NC(=O)c2cccc(OCC(C)C)c2)c(O)c1. The molecule has 0 aliphatic rings. The predicted molar refractivity (Wildman–Crippen MR) is 94.2 cm³/mol. The molecular formula is C19H21NO5. The molecule has 2 aromatic carbocycles. The summed E-state index contributed by atoms with van der Waals surface area (Å²) >= 11 is 0. The second-order valence-electron chi connectivity index (χ2n) is 5.91. The lowest BCUT2D eigenvalue weighted by Gasteiger charge is -2.11. The first kappa shape index (κ1) is 18.3. The number of ether oxygens (including phenoxy) is 2. The first-order valence-corrected chi connectivity index (χ1v) is 7.86. The van der Waals surface area contributed by atoms with Crippen LogP contribution in [0, 0.1) is 5.92 Å². The van der Waals surface area contributed by atoms with Gasteiger partial charge in [0.2, 0.25) is 0 Å². The fourth-order valence-electron chi connectivity index (χ4n) is 2.07. The van der Waals surface area contributed by atoms with E-state index in [2.05, 4.69) is 10.1 Å². The number of phenols is 1. The molecule has 2 aromatic rings. The minimum absolute atomic E-state index is 0.196. The van der Waals surface area contributed by atoms with E-state index in [0.29, 0.717) is 23.8 Å². The highest BCUT2D eigenvalue weighted by atomic mass is 16.5. The first-order valence-electron chi connectivity index (χ1n) is 7.86. The number of methoxy groups -OCH3 is 1. The summed E-state index contributed by atoms with van der Waals surface area (Å²) < 4.78 is 10.2. The minimum atomic E-state index is -0.567. The van der Waals surface area contributed by atoms with Crippen LogP contribution in [0.3, 0.4) is 0 Å². The van der Waals surface area contributed by atoms with Crippen LogP contribution in [-0.4, -0.2) is 30.7 Å². The Hall–Kier alpha value is -3.02. The van der Waals surface area contributed by atoms with Gasteiger partial charge in [0.1, 0.15) is 11.5 Å². The molecule has 6 heteroatoms. The number of phenolic OH excluding ortho intramolecular Hbond substituents is 1. The monoisotopic (exact) mass is 343 g/mol. The summed E-state index contributed by atoms with van der Waals surface area (Å²) in [4.78, 5) is 23.8. The van der Waals surface area contributed by atoms with Crippen molar-refractivity contribution < 1.29 is 24.2 Å². The number of hydrogen-bond acceptors (Lipinski definition) is 5. The van der Waals surface area contributed by atoms with Crippen molar-refractivity contribution in [2.75, 3.05) is 19.0 Å². The standard InChI is InChI=1S/C19H21NO5/c1-12(2)11-25-15-6-4-5-13(9-15)18(22)20-16-8-7-14(10-17(16)21)19(23)24-3/h4-10,12,21H,11H2,1-3H3,(H,20,22). The predicted octanol–water partition coefficient (Wildman–Crippen LogP) is 3.47. The molecule has 0 aromatic heterocycles. The molecule has 0 unspecified atom stereocenters. The van der Waals surface area contributed by atoms with Gasteiger partial charge in [-0.1, -0.05) is 19.9 Å². The zero-order chi connectivity index (χ0) is 18.4. The molecule has 0 saturated heterocycles. The number of nitrogens with one attached hydrogen (secondary N) is 1. The minimum Gasteiger partial charge on any atom is -0.506 e. The topological polar surface area (TPSA) is 84.9 Å². The Kier molecular flexibility index (Phi) is 6.00. The molecule has 0 fully saturated rings. The van der Waals surface area contributed by atoms with Crippen molar-refractivity contribution in [3.63, 3.8) is 0 Å². The van der Waals surface area contributed by atoms with Crippen molar-refractivity contribution in [2.24, 2.45) is 5.92 Å². The summed E-state index contributed by atoms with van der Waals surface area (Å²) in [5.41, 5.74) is 0.797. The lowest BCUT2D eigenvalue weighted by Crippen LogP contribution is -2.13. The van der Waals surface area contributed by atoms with E-state index >= 15 is 0 Å². The molecule has 0 saturated carbocycles. The number of hydrogen-bond donors (Lipinski definition) is 2. The van der Waals surface area contributed by atoms with Crippen molar-refractivity contribution in [3.05, 3.63) is 53.6 Å². The smallest absolute Gasteiger partial charge is 0.337 e. The Bertz CT molecular complexity index is 770. The first-order chi connectivity index (χ1) is 11.9. The molecular weight excluding hydrogens is 322 g/mol. The average molecular weight is 343 g/mol. The maximum atomic E-state index is 12.4. The van der Waals surface area contributed by atoms with Crippen LogP contribution in [-0.2, 0) is 4.74 Å². The number of aromatic hydroxyl groups is 1. The Balaban J connectivity index is 2.11. The zero-order valence-electron chi connectivity index (χ0n) is 14.4. The van der Waals surface area contributed by atoms with Gasteiger partial charge in [-0.15, -0.1) is 0 Å². The summed E-state index contributed by atoms with van der Waals surface area (Å²) in [6.07, 6.45) is 0. The number of rotatable bonds is 6. The van der Waals surface area contributed by atoms with Crippen LogP contribution in [0.25, 0.3) is 0 Å². The maximum absolute atomic E-state index is 12.4. The molecule has 2 rings (SSSR count). The molecule has 0 atom stereocenters. The molecule has 0 aliphatic carbocycles. The summed E-state index contributed by atoms with van der Waals surface area (Å²) in [5.74, 6) is -0.197. The van der Waals surface area contributed by atoms with E-state index in [1.165, 1.54) is 25.3 Å². The lowest BCUT2D eigenvalue weighted by molar-refractivity contribution is 0.0600. The van der Waals surface area contributed by atoms with Gasteiger partial charge in [0.05, 0.1) is 25.0 Å². The van der Waals surface area contributed by atoms with E-state index in [9.17, 15) is 14.7 Å². The van der Waals surface area contributed by atoms with E-state index in [0.717, 1.165) is 0 Å². The van der Waals surface area contributed by atoms with Crippen LogP contribution in [0.1, 0.15) is 34.6 Å². The molecule has 6 nitrogen and oxygen atoms in total. The van der Waals surface area contributed by atoms with Crippen LogP contribution >= 0.6 is 0 Å². The summed E-state index contributed by atoms with van der Waals surface area (Å²) in [6.45, 7) is 4.63. The van der Waals surface area contributed by atoms with Crippen LogP contribution in [0.4, 0.5) is 5.69 Å². The molecule has 0 bridgehead atoms. The van der Waals surface area contributed by atoms with Crippen molar-refractivity contribution in [1.82, 2.24) is 0 Å². The number of anilines is 1. The summed E-state index contributed by atoms with van der Waals surface area (Å²) in [7, 11) is 1.25. The van der Waals surface area contributed by atoms with Gasteiger partial charge >= 0.3 is 5.97 Å². The quantitative estimate of drug-likeness (QED) is 0.620. The zero-order valence-corrected chi connectivity index (χ0v) is 14.4. The van der Waals surface area contributed by atoms with Gasteiger partial charge in [-0.05, 0) is 42.3 Å². The molecule has 2 N–H and O–H groups in total. The van der Waals surface area contributed by atoms with E-state index in [1.54, 1.807) is 24.3 Å². The van der Waals surface area contributed by atoms with Gasteiger partial charge in [-0.2, -0.15) is 0 Å². The van der Waals surface area contributed by atoms with E-state index in [1.807, 2.05) is 13.8 Å². The highest BCUT2D eigenvalue weighted by Gasteiger charge is 2.13. The second kappa shape index (κ2) is 8.19. The van der Waals surface area contributed by atoms with Crippen molar-refractivity contribution >= 4 is 17.6 Å². The van der Waals surface area contributed by atoms with E-state index < -0.39 is 11.9 Å². The van der Waals surface area contributed by atoms with Crippen molar-refractivity contribution in [3.8, 4) is 11.5 Å². The fourth-order valence-corrected chi connectivity index (χ4v) is 2.07. The largest absolute Gasteiger partial charge is 0.506 e. The molecule has 1 amide bonds. The van der Waals surface area contributed by atoms with Gasteiger partial charge in [0.15, 0.2) is 0 Å². The maximum Gasteiger partial charge on any atom is 0.337 e. The van der Waals surface area contributed by atoms with Crippen LogP contribution in [0.2, 0.25) is 0 Å². The molecule has 132 valence electrons. The van der Waals surface area contributed by atoms with Crippen LogP contribution < -0.4 is 10.1 Å². The number of benzene rings is 2. The number of carbonyl (C=O) groups is 2. The van der Waals surface area contributed by atoms with Crippen LogP contribution in [0.15, 0.2) is 42.5 Å². The third kappa shape index (κ3) is 4.97. The Morgan fingerprint density at radius 2 is 1.88 bits per heavy atom. The summed E-state index contributed by atoms with van der Waals surface area (Å²) in [6, 6.07) is 10.9. The molecule has 0 spiro atoms. The molecule has 0 heterocycles. The molecule has 25 heavy (non-hydrogen) atoms. The van der Waals surface area contributed by atoms with Crippen molar-refractivity contribution in [2.45, 2.75) is 13.8 Å². The van der Waals surface area contributed by atoms with Gasteiger partial charge in [0, 0.05) is 5.56 Å². The number of amides is 1. The summed E-state index contributed by atoms with van der Waals surface area (Å²) in [5, 5.41) is 12.6. The highest BCUT2D eigenvalue weighted by molar-refractivity contribution is 6.05. The van der Waals surface area contributed by atoms with Crippen LogP contribution in [0.5, 0.6) is 11.5 Å². The molecule has 0 radical (unpaired) electrons. The third-order valence-corrected chi connectivity index (χ3v) is 3.35. The van der Waals surface area contributed by atoms with Gasteiger partial charge < -0.3 is 19.9 Å². The second-order valence-corrected chi connectivity index (χ2v) is 5.91. The fraction of sp³-hybridized carbons (Fsp3) is 0.263. The normalized spacial score (nSPS) is 10.4. The number of carbonyl (C=O) groups excluding carboxylic acids is 2. The third-order valence-electron chi connectivity index (χ3n) is 3.35.